The number of aliphatic hydroxyl groups excluding tert-OH is 1. The van der Waals surface area contributed by atoms with Crippen molar-refractivity contribution in [2.75, 3.05) is 6.64 Å². The van der Waals surface area contributed by atoms with Crippen LogP contribution in [0, 0.1) is 80.8 Å². The van der Waals surface area contributed by atoms with Crippen LogP contribution in [0.25, 0.3) is 0 Å². The smallest absolute Gasteiger partial charge is 0.133 e. The largest absolute Gasteiger partial charge is 0.393 e. The molecule has 0 aromatic rings. The van der Waals surface area contributed by atoms with E-state index in [4.69, 9.17) is 1.37 Å². The van der Waals surface area contributed by atoms with Gasteiger partial charge in [-0.05, 0) is 231 Å². The lowest BCUT2D eigenvalue weighted by Crippen LogP contribution is -2.56. The summed E-state index contributed by atoms with van der Waals surface area (Å²) in [6.45, 7) is 18.2. The molecular weight excluding hydrogens is 659 g/mol. The predicted octanol–water partition coefficient (Wildman–Crippen LogP) is 11.0. The van der Waals surface area contributed by atoms with Crippen molar-refractivity contribution in [2.45, 2.75) is 201 Å². The van der Waals surface area contributed by atoms with Gasteiger partial charge in [0.05, 0.1) is 17.3 Å². The number of ketones is 1. The lowest BCUT2D eigenvalue weighted by atomic mass is 9.42. The maximum Gasteiger partial charge on any atom is 0.133 e. The number of carbonyl (C=O) groups excluding carboxylic acids is 1. The van der Waals surface area contributed by atoms with Crippen molar-refractivity contribution in [3.63, 3.8) is 0 Å². The van der Waals surface area contributed by atoms with Crippen LogP contribution in [0.2, 0.25) is 0 Å². The summed E-state index contributed by atoms with van der Waals surface area (Å²) in [6.07, 6.45) is 24.6. The Morgan fingerprint density at radius 3 is 1.56 bits per heavy atom. The van der Waals surface area contributed by atoms with Gasteiger partial charge in [-0.3, -0.25) is 4.79 Å². The second kappa shape index (κ2) is 15.1. The first-order chi connectivity index (χ1) is 24.9. The van der Waals surface area contributed by atoms with Gasteiger partial charge in [-0.25, -0.2) is 0 Å². The second-order valence-corrected chi connectivity index (χ2v) is 21.6. The molecule has 8 aliphatic rings. The fourth-order valence-corrected chi connectivity index (χ4v) is 17.4. The molecule has 0 aromatic heterocycles. The molecule has 18 atom stereocenters. The average molecular weight is 744 g/mol. The lowest BCUT2D eigenvalue weighted by molar-refractivity contribution is -0.158. The fraction of sp³-hybridized carbons (Fsp3) is 0.979. The number of hydrogen-bond donors (Lipinski definition) is 3. The van der Waals surface area contributed by atoms with Gasteiger partial charge in [-0.15, -0.1) is 9.24 Å². The Kier molecular flexibility index (Phi) is 11.6. The van der Waals surface area contributed by atoms with E-state index in [2.05, 4.69) is 50.8 Å². The molecule has 0 aliphatic heterocycles. The maximum atomic E-state index is 12.3. The van der Waals surface area contributed by atoms with Crippen molar-refractivity contribution in [3.8, 4) is 0 Å². The van der Waals surface area contributed by atoms with Crippen LogP contribution >= 0.6 is 9.24 Å². The minimum atomic E-state index is -0.438. The molecule has 0 bridgehead atoms. The Bertz CT molecular complexity index is 1280. The number of Topliss-reactive ketones (excluding diaryl/α,β-unsaturated/α-hetero) is 1. The Morgan fingerprint density at radius 1 is 0.673 bits per heavy atom. The summed E-state index contributed by atoms with van der Waals surface area (Å²) in [6, 6.07) is 0. The molecule has 2 unspecified atom stereocenters. The van der Waals surface area contributed by atoms with Crippen LogP contribution in [-0.4, -0.2) is 45.0 Å². The van der Waals surface area contributed by atoms with E-state index >= 15 is 0 Å². The fourth-order valence-electron chi connectivity index (χ4n) is 17.4. The highest BCUT2D eigenvalue weighted by Crippen LogP contribution is 2.71. The molecule has 3 N–H and O–H groups in total. The summed E-state index contributed by atoms with van der Waals surface area (Å²) < 4.78 is 6.17. The summed E-state index contributed by atoms with van der Waals surface area (Å²) in [5.74, 6) is 7.76. The minimum Gasteiger partial charge on any atom is -0.393 e. The van der Waals surface area contributed by atoms with Crippen LogP contribution in [0.4, 0.5) is 0 Å². The average Bonchev–Trinajstić information content (AvgIpc) is 3.65. The molecule has 8 saturated carbocycles. The number of hydrogen-bond acceptors (Lipinski definition) is 4. The molecule has 0 saturated heterocycles. The lowest BCUT2D eigenvalue weighted by Gasteiger charge is -2.63. The predicted molar refractivity (Wildman–Crippen MR) is 219 cm³/mol. The first-order valence-corrected chi connectivity index (χ1v) is 23.3. The molecule has 0 radical (unpaired) electrons. The van der Waals surface area contributed by atoms with E-state index in [0.29, 0.717) is 40.5 Å². The number of aliphatic hydroxyl groups is 3. The van der Waals surface area contributed by atoms with Crippen molar-refractivity contribution in [1.29, 1.82) is 0 Å². The molecule has 8 aliphatic carbocycles. The minimum absolute atomic E-state index is 0.146. The van der Waals surface area contributed by atoms with E-state index < -0.39 is 11.2 Å². The molecule has 300 valence electrons. The molecule has 4 nitrogen and oxygen atoms in total. The summed E-state index contributed by atoms with van der Waals surface area (Å²) in [7, 11) is 2.25. The molecule has 0 spiro atoms. The van der Waals surface area contributed by atoms with Crippen molar-refractivity contribution < 1.29 is 21.5 Å². The normalized spacial score (nSPS) is 54.1. The van der Waals surface area contributed by atoms with Gasteiger partial charge in [0.1, 0.15) is 5.78 Å². The van der Waals surface area contributed by atoms with Crippen molar-refractivity contribution in [3.05, 3.63) is 0 Å². The van der Waals surface area contributed by atoms with Crippen LogP contribution in [0.15, 0.2) is 0 Å². The van der Waals surface area contributed by atoms with E-state index in [9.17, 15) is 20.1 Å². The Balaban J connectivity index is 0.000000169. The maximum absolute atomic E-state index is 12.3. The van der Waals surface area contributed by atoms with Crippen molar-refractivity contribution in [2.24, 2.45) is 80.8 Å². The molecule has 52 heavy (non-hydrogen) atoms. The monoisotopic (exact) mass is 744 g/mol. The van der Waals surface area contributed by atoms with Gasteiger partial charge in [0.15, 0.2) is 0 Å². The molecule has 5 heteroatoms. The molecule has 8 fully saturated rings. The number of carbonyl (C=O) groups is 1. The Hall–Kier alpha value is -0.0200. The van der Waals surface area contributed by atoms with Crippen LogP contribution < -0.4 is 0 Å². The van der Waals surface area contributed by atoms with Gasteiger partial charge < -0.3 is 15.3 Å². The summed E-state index contributed by atoms with van der Waals surface area (Å²) in [5, 5.41) is 31.7. The van der Waals surface area contributed by atoms with E-state index in [0.717, 1.165) is 79.4 Å². The number of rotatable bonds is 4. The third-order valence-electron chi connectivity index (χ3n) is 19.8. The zero-order valence-electron chi connectivity index (χ0n) is 36.0. The molecule has 0 heterocycles. The van der Waals surface area contributed by atoms with E-state index in [1.807, 2.05) is 13.8 Å². The van der Waals surface area contributed by atoms with Gasteiger partial charge in [0.2, 0.25) is 0 Å². The zero-order valence-corrected chi connectivity index (χ0v) is 36.2. The third-order valence-corrected chi connectivity index (χ3v) is 19.8. The van der Waals surface area contributed by atoms with Crippen molar-refractivity contribution >= 4 is 15.0 Å². The Labute approximate surface area is 324 Å². The van der Waals surface area contributed by atoms with Crippen LogP contribution in [0.5, 0.6) is 0 Å². The highest BCUT2D eigenvalue weighted by atomic mass is 31.0. The molecule has 0 aromatic carbocycles. The molecule has 8 rings (SSSR count). The highest BCUT2D eigenvalue weighted by molar-refractivity contribution is 7.15. The second-order valence-electron chi connectivity index (χ2n) is 21.6. The van der Waals surface area contributed by atoms with Gasteiger partial charge >= 0.3 is 0 Å². The quantitative estimate of drug-likeness (QED) is 0.251. The third kappa shape index (κ3) is 6.68. The highest BCUT2D eigenvalue weighted by Gasteiger charge is 2.64. The summed E-state index contributed by atoms with van der Waals surface area (Å²) in [4.78, 5) is 12.3. The molecular formula is C47H83O4P. The van der Waals surface area contributed by atoms with Gasteiger partial charge in [-0.2, -0.15) is 0 Å². The topological polar surface area (TPSA) is 77.8 Å². The van der Waals surface area contributed by atoms with E-state index in [1.165, 1.54) is 96.3 Å². The van der Waals surface area contributed by atoms with Crippen LogP contribution in [-0.2, 0) is 4.79 Å². The first kappa shape index (κ1) is 40.2. The van der Waals surface area contributed by atoms with Gasteiger partial charge in [-0.1, -0.05) is 34.3 Å². The van der Waals surface area contributed by atoms with Crippen LogP contribution in [0.1, 0.15) is 185 Å². The van der Waals surface area contributed by atoms with Gasteiger partial charge in [0, 0.05) is 7.29 Å². The van der Waals surface area contributed by atoms with Gasteiger partial charge in [0.25, 0.3) is 0 Å². The Morgan fingerprint density at radius 2 is 1.12 bits per heavy atom. The SMILES string of the molecule is CC[C@]12CC[C@@](C)(O)C[C@H]1CC[C@H]1[C@@H]3CC[C@H](C(C)=O)[C@@]3(C)CC[C@@H]12.CC[C@]12CC[C@@](C)(O)C[C@H]1CC[C@H]1[C@@H]3CC[C@H](C(C)O)[C@@]3(C)CC[C@@H]12.[2H]CP. The standard InChI is InChI=1S/C23H40O2.C23H38O2.CH5P/c2*1-5-23-13-12-21(3,25)14-16(23)6-7-17-19-9-8-18(15(2)24)22(19,4)11-10-20(17)23;1-2/h15-20,24-25H,5-14H2,1-4H3;16-20,25H,5-14H2,1-4H3;2H2,1H3/t15?,16-,17+,18-,19+,20+,21-,22-,23+;16-,17+,18-,19+,20+,21-,22-,23+;/m11./s1/i;;1D. The summed E-state index contributed by atoms with van der Waals surface area (Å²) in [5.41, 5.74) is 0.749. The number of fused-ring (bicyclic) bond motifs is 10. The zero-order chi connectivity index (χ0) is 38.8. The van der Waals surface area contributed by atoms with E-state index in [1.54, 1.807) is 0 Å². The van der Waals surface area contributed by atoms with Crippen LogP contribution in [0.3, 0.4) is 0 Å². The molecule has 0 amide bonds. The first-order valence-electron chi connectivity index (χ1n) is 23.2. The summed E-state index contributed by atoms with van der Waals surface area (Å²) >= 11 is 0. The van der Waals surface area contributed by atoms with E-state index in [-0.39, 0.29) is 11.5 Å². The van der Waals surface area contributed by atoms with Crippen molar-refractivity contribution in [1.82, 2.24) is 0 Å².